The molecule has 11 heavy (non-hydrogen) atoms. The summed E-state index contributed by atoms with van der Waals surface area (Å²) in [5.74, 6) is -0.0330. The molecule has 0 aromatic carbocycles. The molecule has 62 valence electrons. The van der Waals surface area contributed by atoms with Crippen LogP contribution in [0.1, 0.15) is 19.8 Å². The van der Waals surface area contributed by atoms with E-state index in [0.29, 0.717) is 13.0 Å². The number of carbonyl (C=O) groups excluding carboxylic acids is 2. The van der Waals surface area contributed by atoms with E-state index in [1.165, 1.54) is 6.92 Å². The smallest absolute Gasteiger partial charge is 0.295 e. The van der Waals surface area contributed by atoms with Gasteiger partial charge in [-0.1, -0.05) is 0 Å². The van der Waals surface area contributed by atoms with E-state index in [1.807, 2.05) is 0 Å². The van der Waals surface area contributed by atoms with Crippen LogP contribution in [-0.2, 0) is 14.3 Å². The van der Waals surface area contributed by atoms with Crippen LogP contribution < -0.4 is 0 Å². The van der Waals surface area contributed by atoms with Crippen molar-refractivity contribution in [2.24, 2.45) is 0 Å². The summed E-state index contributed by atoms with van der Waals surface area (Å²) in [6.07, 6.45) is 1.36. The number of hydrogen-bond acceptors (Lipinski definition) is 3. The molecular weight excluding hydrogens is 146 g/mol. The van der Waals surface area contributed by atoms with Crippen molar-refractivity contribution < 1.29 is 14.3 Å². The van der Waals surface area contributed by atoms with E-state index in [9.17, 15) is 9.59 Å². The van der Waals surface area contributed by atoms with E-state index in [0.717, 1.165) is 12.8 Å². The molecule has 1 saturated heterocycles. The van der Waals surface area contributed by atoms with Crippen LogP contribution in [0.25, 0.3) is 0 Å². The molecule has 0 aliphatic carbocycles. The van der Waals surface area contributed by atoms with Crippen molar-refractivity contribution in [1.82, 2.24) is 4.90 Å². The number of carbonyl (C=O) groups is 2. The van der Waals surface area contributed by atoms with Gasteiger partial charge in [0.25, 0.3) is 6.47 Å². The third-order valence-corrected chi connectivity index (χ3v) is 1.81. The minimum absolute atomic E-state index is 0.0330. The Morgan fingerprint density at radius 3 is 3.00 bits per heavy atom. The average Bonchev–Trinajstić information content (AvgIpc) is 2.36. The Balaban J connectivity index is 2.50. The van der Waals surface area contributed by atoms with Crippen LogP contribution in [0.15, 0.2) is 0 Å². The lowest BCUT2D eigenvalue weighted by Gasteiger charge is -2.20. The van der Waals surface area contributed by atoms with Crippen molar-refractivity contribution >= 4 is 12.4 Å². The zero-order valence-electron chi connectivity index (χ0n) is 6.45. The zero-order chi connectivity index (χ0) is 8.27. The summed E-state index contributed by atoms with van der Waals surface area (Å²) < 4.78 is 4.70. The summed E-state index contributed by atoms with van der Waals surface area (Å²) >= 11 is 0. The second-order valence-electron chi connectivity index (χ2n) is 2.54. The second kappa shape index (κ2) is 3.37. The van der Waals surface area contributed by atoms with E-state index >= 15 is 0 Å². The van der Waals surface area contributed by atoms with Gasteiger partial charge in [0.2, 0.25) is 5.91 Å². The Bertz CT molecular complexity index is 169. The van der Waals surface area contributed by atoms with Crippen molar-refractivity contribution in [3.8, 4) is 0 Å². The van der Waals surface area contributed by atoms with Crippen molar-refractivity contribution in [3.63, 3.8) is 0 Å². The summed E-state index contributed by atoms with van der Waals surface area (Å²) in [4.78, 5) is 22.4. The third kappa shape index (κ3) is 1.69. The molecule has 1 rings (SSSR count). The van der Waals surface area contributed by atoms with E-state index < -0.39 is 0 Å². The quantitative estimate of drug-likeness (QED) is 0.535. The molecule has 0 aromatic rings. The topological polar surface area (TPSA) is 46.6 Å². The molecule has 0 N–H and O–H groups in total. The van der Waals surface area contributed by atoms with Gasteiger partial charge in [-0.25, -0.2) is 0 Å². The highest BCUT2D eigenvalue weighted by Crippen LogP contribution is 2.16. The molecule has 1 unspecified atom stereocenters. The molecule has 1 atom stereocenters. The predicted octanol–water partition coefficient (Wildman–Crippen LogP) is 0.128. The highest BCUT2D eigenvalue weighted by atomic mass is 16.5. The molecule has 0 radical (unpaired) electrons. The average molecular weight is 157 g/mol. The Labute approximate surface area is 65.1 Å². The zero-order valence-corrected chi connectivity index (χ0v) is 6.45. The van der Waals surface area contributed by atoms with Gasteiger partial charge >= 0.3 is 0 Å². The van der Waals surface area contributed by atoms with Crippen LogP contribution in [0.2, 0.25) is 0 Å². The number of nitrogens with zero attached hydrogens (tertiary/aromatic N) is 1. The molecule has 4 nitrogen and oxygen atoms in total. The molecule has 0 saturated carbocycles. The Morgan fingerprint density at radius 2 is 2.45 bits per heavy atom. The van der Waals surface area contributed by atoms with E-state index in [1.54, 1.807) is 4.90 Å². The van der Waals surface area contributed by atoms with Crippen LogP contribution >= 0.6 is 0 Å². The normalized spacial score (nSPS) is 23.4. The number of rotatable bonds is 2. The fourth-order valence-electron chi connectivity index (χ4n) is 1.30. The Morgan fingerprint density at radius 1 is 1.73 bits per heavy atom. The summed E-state index contributed by atoms with van der Waals surface area (Å²) in [6, 6.07) is 0. The van der Waals surface area contributed by atoms with Crippen LogP contribution in [0.5, 0.6) is 0 Å². The predicted molar refractivity (Wildman–Crippen MR) is 37.6 cm³/mol. The molecule has 1 heterocycles. The van der Waals surface area contributed by atoms with E-state index in [2.05, 4.69) is 0 Å². The lowest BCUT2D eigenvalue weighted by Crippen LogP contribution is -2.35. The Kier molecular flexibility index (Phi) is 2.46. The number of likely N-dealkylation sites (tertiary alicyclic amines) is 1. The first kappa shape index (κ1) is 8.04. The van der Waals surface area contributed by atoms with Gasteiger partial charge in [-0.3, -0.25) is 9.59 Å². The van der Waals surface area contributed by atoms with Crippen LogP contribution in [0.3, 0.4) is 0 Å². The van der Waals surface area contributed by atoms with Gasteiger partial charge in [0.05, 0.1) is 0 Å². The first-order valence-electron chi connectivity index (χ1n) is 3.62. The molecule has 4 heteroatoms. The summed E-state index contributed by atoms with van der Waals surface area (Å²) in [5.41, 5.74) is 0. The number of hydrogen-bond donors (Lipinski definition) is 0. The summed E-state index contributed by atoms with van der Waals surface area (Å²) in [5, 5.41) is 0. The number of amides is 1. The van der Waals surface area contributed by atoms with Gasteiger partial charge in [0, 0.05) is 19.9 Å². The SMILES string of the molecule is CC(=O)N1CCCC1OC=O. The van der Waals surface area contributed by atoms with Gasteiger partial charge in [0.15, 0.2) is 6.23 Å². The first-order valence-corrected chi connectivity index (χ1v) is 3.62. The minimum atomic E-state index is -0.315. The lowest BCUT2D eigenvalue weighted by molar-refractivity contribution is -0.149. The van der Waals surface area contributed by atoms with Crippen molar-refractivity contribution in [2.45, 2.75) is 26.0 Å². The molecular formula is C7H11NO3. The van der Waals surface area contributed by atoms with Crippen molar-refractivity contribution in [1.29, 1.82) is 0 Å². The molecule has 0 bridgehead atoms. The third-order valence-electron chi connectivity index (χ3n) is 1.81. The van der Waals surface area contributed by atoms with Crippen LogP contribution in [0.4, 0.5) is 0 Å². The Hall–Kier alpha value is -1.06. The highest BCUT2D eigenvalue weighted by Gasteiger charge is 2.27. The van der Waals surface area contributed by atoms with Gasteiger partial charge in [-0.05, 0) is 6.42 Å². The molecule has 1 aliphatic rings. The fraction of sp³-hybridized carbons (Fsp3) is 0.714. The lowest BCUT2D eigenvalue weighted by atomic mass is 10.4. The maximum absolute atomic E-state index is 10.9. The molecule has 0 spiro atoms. The van der Waals surface area contributed by atoms with Crippen molar-refractivity contribution in [3.05, 3.63) is 0 Å². The molecule has 1 aliphatic heterocycles. The highest BCUT2D eigenvalue weighted by molar-refractivity contribution is 5.73. The van der Waals surface area contributed by atoms with E-state index in [-0.39, 0.29) is 12.1 Å². The van der Waals surface area contributed by atoms with Crippen molar-refractivity contribution in [2.75, 3.05) is 6.54 Å². The van der Waals surface area contributed by atoms with E-state index in [4.69, 9.17) is 4.74 Å². The molecule has 1 amide bonds. The monoisotopic (exact) mass is 157 g/mol. The van der Waals surface area contributed by atoms with Crippen LogP contribution in [-0.4, -0.2) is 30.1 Å². The molecule has 1 fully saturated rings. The summed E-state index contributed by atoms with van der Waals surface area (Å²) in [7, 11) is 0. The number of ether oxygens (including phenoxy) is 1. The maximum atomic E-state index is 10.9. The maximum Gasteiger partial charge on any atom is 0.295 e. The first-order chi connectivity index (χ1) is 5.25. The van der Waals surface area contributed by atoms with Gasteiger partial charge in [-0.2, -0.15) is 0 Å². The van der Waals surface area contributed by atoms with Gasteiger partial charge in [0.1, 0.15) is 0 Å². The largest absolute Gasteiger partial charge is 0.444 e. The standard InChI is InChI=1S/C7H11NO3/c1-6(10)8-4-2-3-7(8)11-5-9/h5,7H,2-4H2,1H3. The summed E-state index contributed by atoms with van der Waals surface area (Å²) in [6.45, 7) is 2.58. The fourth-order valence-corrected chi connectivity index (χ4v) is 1.30. The molecule has 0 aromatic heterocycles. The van der Waals surface area contributed by atoms with Gasteiger partial charge in [-0.15, -0.1) is 0 Å². The minimum Gasteiger partial charge on any atom is -0.444 e. The van der Waals surface area contributed by atoms with Gasteiger partial charge < -0.3 is 9.64 Å². The second-order valence-corrected chi connectivity index (χ2v) is 2.54. The van der Waals surface area contributed by atoms with Crippen LogP contribution in [0, 0.1) is 0 Å².